The van der Waals surface area contributed by atoms with Crippen molar-refractivity contribution >= 4 is 0 Å². The first-order chi connectivity index (χ1) is 5.29. The third-order valence-electron chi connectivity index (χ3n) is 2.14. The largest absolute Gasteiger partial charge is 0.314 e. The first-order valence-corrected chi connectivity index (χ1v) is 4.06. The Morgan fingerprint density at radius 2 is 2.00 bits per heavy atom. The average Bonchev–Trinajstić information content (AvgIpc) is 2.03. The normalized spacial score (nSPS) is 19.6. The van der Waals surface area contributed by atoms with Crippen LogP contribution in [-0.4, -0.2) is 11.7 Å². The zero-order valence-corrected chi connectivity index (χ0v) is 6.49. The SMILES string of the molecule is O=[N+]([O-])OCC1CCCCC1. The van der Waals surface area contributed by atoms with E-state index in [0.717, 1.165) is 12.8 Å². The maximum atomic E-state index is 9.83. The first kappa shape index (κ1) is 8.30. The lowest BCUT2D eigenvalue weighted by Crippen LogP contribution is -2.15. The molecular weight excluding hydrogens is 146 g/mol. The molecule has 0 aliphatic heterocycles. The molecule has 1 rings (SSSR count). The Bertz CT molecular complexity index is 132. The van der Waals surface area contributed by atoms with Gasteiger partial charge < -0.3 is 4.84 Å². The summed E-state index contributed by atoms with van der Waals surface area (Å²) in [6.45, 7) is 0.299. The van der Waals surface area contributed by atoms with E-state index in [1.165, 1.54) is 19.3 Å². The summed E-state index contributed by atoms with van der Waals surface area (Å²) in [6.07, 6.45) is 5.86. The van der Waals surface area contributed by atoms with Gasteiger partial charge >= 0.3 is 0 Å². The standard InChI is InChI=1S/C7H13NO3/c9-8(10)11-6-7-4-2-1-3-5-7/h7H,1-6H2. The molecule has 1 fully saturated rings. The topological polar surface area (TPSA) is 52.4 Å². The Kier molecular flexibility index (Phi) is 3.14. The van der Waals surface area contributed by atoms with Crippen molar-refractivity contribution in [2.45, 2.75) is 32.1 Å². The van der Waals surface area contributed by atoms with Crippen LogP contribution in [0.15, 0.2) is 0 Å². The summed E-state index contributed by atoms with van der Waals surface area (Å²) < 4.78 is 0. The van der Waals surface area contributed by atoms with Gasteiger partial charge in [0.1, 0.15) is 0 Å². The molecule has 0 N–H and O–H groups in total. The van der Waals surface area contributed by atoms with E-state index in [0.29, 0.717) is 12.5 Å². The van der Waals surface area contributed by atoms with Crippen LogP contribution in [0.4, 0.5) is 0 Å². The van der Waals surface area contributed by atoms with E-state index in [-0.39, 0.29) is 0 Å². The second-order valence-electron chi connectivity index (χ2n) is 3.02. The predicted octanol–water partition coefficient (Wildman–Crippen LogP) is 1.77. The molecule has 0 saturated heterocycles. The van der Waals surface area contributed by atoms with Crippen molar-refractivity contribution in [2.75, 3.05) is 6.61 Å². The summed E-state index contributed by atoms with van der Waals surface area (Å²) >= 11 is 0. The second kappa shape index (κ2) is 4.16. The number of rotatable bonds is 3. The van der Waals surface area contributed by atoms with Gasteiger partial charge in [-0.05, 0) is 18.8 Å². The smallest absolute Gasteiger partial charge is 0.294 e. The molecule has 64 valence electrons. The van der Waals surface area contributed by atoms with Crippen LogP contribution in [-0.2, 0) is 4.84 Å². The van der Waals surface area contributed by atoms with E-state index < -0.39 is 5.09 Å². The van der Waals surface area contributed by atoms with E-state index >= 15 is 0 Å². The van der Waals surface area contributed by atoms with Crippen molar-refractivity contribution in [2.24, 2.45) is 5.92 Å². The summed E-state index contributed by atoms with van der Waals surface area (Å²) in [6, 6.07) is 0. The fourth-order valence-electron chi connectivity index (χ4n) is 1.52. The van der Waals surface area contributed by atoms with Crippen molar-refractivity contribution in [3.63, 3.8) is 0 Å². The minimum absolute atomic E-state index is 0.299. The Balaban J connectivity index is 2.09. The van der Waals surface area contributed by atoms with Gasteiger partial charge in [-0.1, -0.05) is 19.3 Å². The molecule has 0 bridgehead atoms. The van der Waals surface area contributed by atoms with Crippen LogP contribution in [0.25, 0.3) is 0 Å². The van der Waals surface area contributed by atoms with E-state index in [4.69, 9.17) is 0 Å². The fourth-order valence-corrected chi connectivity index (χ4v) is 1.52. The van der Waals surface area contributed by atoms with Gasteiger partial charge in [0.15, 0.2) is 0 Å². The molecule has 11 heavy (non-hydrogen) atoms. The van der Waals surface area contributed by atoms with Crippen LogP contribution in [0.2, 0.25) is 0 Å². The van der Waals surface area contributed by atoms with Gasteiger partial charge in [0, 0.05) is 0 Å². The highest BCUT2D eigenvalue weighted by Gasteiger charge is 2.14. The molecule has 0 heterocycles. The summed E-state index contributed by atoms with van der Waals surface area (Å²) in [5, 5.41) is 9.13. The highest BCUT2D eigenvalue weighted by atomic mass is 16.9. The molecule has 0 radical (unpaired) electrons. The third-order valence-corrected chi connectivity index (χ3v) is 2.14. The van der Waals surface area contributed by atoms with Crippen LogP contribution in [0.5, 0.6) is 0 Å². The van der Waals surface area contributed by atoms with Gasteiger partial charge in [-0.25, -0.2) is 0 Å². The first-order valence-electron chi connectivity index (χ1n) is 4.06. The number of hydrogen-bond acceptors (Lipinski definition) is 3. The molecule has 0 spiro atoms. The molecule has 0 unspecified atom stereocenters. The molecule has 1 aliphatic rings. The maximum Gasteiger partial charge on any atom is 0.294 e. The molecule has 4 heteroatoms. The quantitative estimate of drug-likeness (QED) is 0.466. The number of nitrogens with zero attached hydrogens (tertiary/aromatic N) is 1. The molecule has 0 aromatic carbocycles. The van der Waals surface area contributed by atoms with Crippen LogP contribution in [0, 0.1) is 16.0 Å². The Morgan fingerprint density at radius 1 is 1.36 bits per heavy atom. The molecule has 0 amide bonds. The van der Waals surface area contributed by atoms with Crippen molar-refractivity contribution in [3.05, 3.63) is 10.1 Å². The second-order valence-corrected chi connectivity index (χ2v) is 3.02. The van der Waals surface area contributed by atoms with Crippen molar-refractivity contribution in [3.8, 4) is 0 Å². The number of hydrogen-bond donors (Lipinski definition) is 0. The highest BCUT2D eigenvalue weighted by Crippen LogP contribution is 2.23. The Hall–Kier alpha value is -0.800. The minimum Gasteiger partial charge on any atom is -0.314 e. The van der Waals surface area contributed by atoms with Crippen LogP contribution >= 0.6 is 0 Å². The van der Waals surface area contributed by atoms with Crippen molar-refractivity contribution < 1.29 is 9.92 Å². The maximum absolute atomic E-state index is 9.83. The summed E-state index contributed by atoms with van der Waals surface area (Å²) in [5.74, 6) is 0.425. The lowest BCUT2D eigenvalue weighted by molar-refractivity contribution is -0.759. The Morgan fingerprint density at radius 3 is 2.55 bits per heavy atom. The zero-order valence-electron chi connectivity index (χ0n) is 6.49. The van der Waals surface area contributed by atoms with Gasteiger partial charge in [0.25, 0.3) is 5.09 Å². The van der Waals surface area contributed by atoms with Gasteiger partial charge in [0.05, 0.1) is 6.61 Å². The average molecular weight is 159 g/mol. The third kappa shape index (κ3) is 3.20. The lowest BCUT2D eigenvalue weighted by atomic mass is 9.90. The van der Waals surface area contributed by atoms with Gasteiger partial charge in [-0.3, -0.25) is 0 Å². The molecule has 1 aliphatic carbocycles. The van der Waals surface area contributed by atoms with E-state index in [1.54, 1.807) is 0 Å². The Labute approximate surface area is 65.6 Å². The minimum atomic E-state index is -0.700. The van der Waals surface area contributed by atoms with Gasteiger partial charge in [0.2, 0.25) is 0 Å². The predicted molar refractivity (Wildman–Crippen MR) is 39.5 cm³/mol. The highest BCUT2D eigenvalue weighted by molar-refractivity contribution is 4.63. The van der Waals surface area contributed by atoms with Crippen LogP contribution in [0.3, 0.4) is 0 Å². The molecule has 1 saturated carbocycles. The fraction of sp³-hybridized carbons (Fsp3) is 1.00. The van der Waals surface area contributed by atoms with Gasteiger partial charge in [-0.15, -0.1) is 10.1 Å². The molecule has 0 aromatic heterocycles. The lowest BCUT2D eigenvalue weighted by Gasteiger charge is -2.19. The van der Waals surface area contributed by atoms with E-state index in [2.05, 4.69) is 4.84 Å². The van der Waals surface area contributed by atoms with Crippen LogP contribution < -0.4 is 0 Å². The van der Waals surface area contributed by atoms with Crippen molar-refractivity contribution in [1.29, 1.82) is 0 Å². The summed E-state index contributed by atoms with van der Waals surface area (Å²) in [5.41, 5.74) is 0. The molecular formula is C7H13NO3. The molecule has 4 nitrogen and oxygen atoms in total. The molecule has 0 aromatic rings. The summed E-state index contributed by atoms with van der Waals surface area (Å²) in [4.78, 5) is 14.1. The zero-order chi connectivity index (χ0) is 8.10. The van der Waals surface area contributed by atoms with Gasteiger partial charge in [-0.2, -0.15) is 0 Å². The van der Waals surface area contributed by atoms with E-state index in [9.17, 15) is 10.1 Å². The van der Waals surface area contributed by atoms with E-state index in [1.807, 2.05) is 0 Å². The molecule has 0 atom stereocenters. The van der Waals surface area contributed by atoms with Crippen molar-refractivity contribution in [1.82, 2.24) is 0 Å². The van der Waals surface area contributed by atoms with Crippen LogP contribution in [0.1, 0.15) is 32.1 Å². The summed E-state index contributed by atoms with van der Waals surface area (Å²) in [7, 11) is 0. The monoisotopic (exact) mass is 159 g/mol.